The van der Waals surface area contributed by atoms with Gasteiger partial charge in [-0.3, -0.25) is 4.90 Å². The van der Waals surface area contributed by atoms with E-state index in [0.717, 1.165) is 28.3 Å². The number of ether oxygens (including phenoxy) is 1. The average molecular weight is 456 g/mol. The summed E-state index contributed by atoms with van der Waals surface area (Å²) in [7, 11) is -1.85. The molecule has 1 aliphatic heterocycles. The minimum Gasteiger partial charge on any atom is -0.496 e. The number of sulfonamides is 1. The molecule has 0 unspecified atom stereocenters. The first-order valence-electron chi connectivity index (χ1n) is 10.8. The Morgan fingerprint density at radius 3 is 2.38 bits per heavy atom. The van der Waals surface area contributed by atoms with E-state index < -0.39 is 10.0 Å². The molecule has 2 aromatic carbocycles. The lowest BCUT2D eigenvalue weighted by Crippen LogP contribution is -2.48. The number of piperazine rings is 1. The van der Waals surface area contributed by atoms with Crippen molar-refractivity contribution >= 4 is 10.0 Å². The van der Waals surface area contributed by atoms with Gasteiger partial charge in [-0.15, -0.1) is 0 Å². The highest BCUT2D eigenvalue weighted by molar-refractivity contribution is 7.89. The molecule has 170 valence electrons. The maximum atomic E-state index is 13.0. The third kappa shape index (κ3) is 4.72. The van der Waals surface area contributed by atoms with Crippen molar-refractivity contribution in [3.8, 4) is 17.0 Å². The monoisotopic (exact) mass is 455 g/mol. The molecule has 3 aromatic rings. The number of aromatic nitrogens is 1. The van der Waals surface area contributed by atoms with E-state index in [9.17, 15) is 8.42 Å². The predicted molar refractivity (Wildman–Crippen MR) is 123 cm³/mol. The number of methoxy groups -OCH3 is 1. The normalized spacial score (nSPS) is 15.9. The van der Waals surface area contributed by atoms with Gasteiger partial charge in [-0.2, -0.15) is 4.31 Å². The van der Waals surface area contributed by atoms with Crippen molar-refractivity contribution in [1.29, 1.82) is 0 Å². The Morgan fingerprint density at radius 1 is 1.03 bits per heavy atom. The first kappa shape index (κ1) is 22.5. The van der Waals surface area contributed by atoms with E-state index >= 15 is 0 Å². The van der Waals surface area contributed by atoms with Gasteiger partial charge in [0.1, 0.15) is 11.4 Å². The molecule has 0 radical (unpaired) electrons. The van der Waals surface area contributed by atoms with Crippen LogP contribution in [0.3, 0.4) is 0 Å². The van der Waals surface area contributed by atoms with Gasteiger partial charge in [0.15, 0.2) is 5.76 Å². The van der Waals surface area contributed by atoms with Gasteiger partial charge >= 0.3 is 0 Å². The van der Waals surface area contributed by atoms with Crippen LogP contribution in [0.1, 0.15) is 31.1 Å². The molecule has 0 atom stereocenters. The van der Waals surface area contributed by atoms with Gasteiger partial charge in [0.05, 0.1) is 18.6 Å². The molecule has 0 amide bonds. The molecule has 1 aliphatic rings. The Bertz CT molecular complexity index is 1150. The Morgan fingerprint density at radius 2 is 1.72 bits per heavy atom. The molecule has 0 bridgehead atoms. The van der Waals surface area contributed by atoms with Crippen LogP contribution in [0.4, 0.5) is 0 Å². The summed E-state index contributed by atoms with van der Waals surface area (Å²) in [5.74, 6) is 1.86. The van der Waals surface area contributed by atoms with Gasteiger partial charge in [0, 0.05) is 37.8 Å². The molecule has 0 spiro atoms. The Hall–Kier alpha value is -2.68. The van der Waals surface area contributed by atoms with Crippen LogP contribution < -0.4 is 4.74 Å². The van der Waals surface area contributed by atoms with Crippen LogP contribution in [0.25, 0.3) is 11.3 Å². The van der Waals surface area contributed by atoms with Crippen LogP contribution in [0.15, 0.2) is 64.0 Å². The third-order valence-corrected chi connectivity index (χ3v) is 7.75. The molecule has 32 heavy (non-hydrogen) atoms. The predicted octanol–water partition coefficient (Wildman–Crippen LogP) is 3.98. The number of benzene rings is 2. The number of rotatable bonds is 7. The molecule has 4 rings (SSSR count). The second-order valence-electron chi connectivity index (χ2n) is 8.28. The van der Waals surface area contributed by atoms with Gasteiger partial charge < -0.3 is 9.26 Å². The number of hydrogen-bond donors (Lipinski definition) is 0. The van der Waals surface area contributed by atoms with Gasteiger partial charge in [-0.1, -0.05) is 43.3 Å². The molecule has 1 fully saturated rings. The van der Waals surface area contributed by atoms with Crippen molar-refractivity contribution in [2.75, 3.05) is 33.3 Å². The fourth-order valence-corrected chi connectivity index (χ4v) is 5.32. The van der Waals surface area contributed by atoms with Crippen molar-refractivity contribution in [1.82, 2.24) is 14.4 Å². The zero-order valence-electron chi connectivity index (χ0n) is 18.7. The molecule has 7 nitrogen and oxygen atoms in total. The molecule has 8 heteroatoms. The second-order valence-corrected chi connectivity index (χ2v) is 10.2. The molecule has 2 heterocycles. The zero-order valence-corrected chi connectivity index (χ0v) is 19.5. The topological polar surface area (TPSA) is 75.9 Å². The molecule has 0 N–H and O–H groups in total. The maximum absolute atomic E-state index is 13.0. The highest BCUT2D eigenvalue weighted by atomic mass is 32.2. The van der Waals surface area contributed by atoms with Crippen LogP contribution in [0.5, 0.6) is 5.75 Å². The lowest BCUT2D eigenvalue weighted by atomic mass is 10.0. The van der Waals surface area contributed by atoms with Crippen LogP contribution in [-0.2, 0) is 16.6 Å². The number of para-hydroxylation sites is 1. The van der Waals surface area contributed by atoms with Gasteiger partial charge in [0.25, 0.3) is 0 Å². The fourth-order valence-electron chi connectivity index (χ4n) is 3.89. The first-order valence-corrected chi connectivity index (χ1v) is 12.2. The van der Waals surface area contributed by atoms with Crippen molar-refractivity contribution in [3.05, 3.63) is 65.9 Å². The van der Waals surface area contributed by atoms with E-state index in [2.05, 4.69) is 23.9 Å². The number of nitrogens with zero attached hydrogens (tertiary/aromatic N) is 3. The van der Waals surface area contributed by atoms with E-state index in [1.54, 1.807) is 23.5 Å². The summed E-state index contributed by atoms with van der Waals surface area (Å²) < 4.78 is 38.5. The molecule has 0 aliphatic carbocycles. The lowest BCUT2D eigenvalue weighted by molar-refractivity contribution is 0.166. The Kier molecular flexibility index (Phi) is 6.64. The summed E-state index contributed by atoms with van der Waals surface area (Å²) in [6.45, 7) is 6.93. The van der Waals surface area contributed by atoms with E-state index in [4.69, 9.17) is 9.26 Å². The standard InChI is InChI=1S/C24H29N3O4S/c1-18(2)19-8-10-21(11-9-19)32(28,29)27-14-12-26(13-15-27)17-20-16-23(25-31-20)22-6-4-5-7-24(22)30-3/h4-11,16,18H,12-15,17H2,1-3H3. The molecular weight excluding hydrogens is 426 g/mol. The molecule has 1 aromatic heterocycles. The van der Waals surface area contributed by atoms with E-state index in [1.165, 1.54) is 0 Å². The zero-order chi connectivity index (χ0) is 22.7. The minimum atomic E-state index is -3.48. The maximum Gasteiger partial charge on any atom is 0.243 e. The van der Waals surface area contributed by atoms with Crippen LogP contribution in [0.2, 0.25) is 0 Å². The SMILES string of the molecule is COc1ccccc1-c1cc(CN2CCN(S(=O)(=O)c3ccc(C(C)C)cc3)CC2)on1. The smallest absolute Gasteiger partial charge is 0.243 e. The van der Waals surface area contributed by atoms with Crippen LogP contribution in [-0.4, -0.2) is 56.1 Å². The van der Waals surface area contributed by atoms with Gasteiger partial charge in [0.2, 0.25) is 10.0 Å². The summed E-state index contributed by atoms with van der Waals surface area (Å²) in [5, 5.41) is 4.19. The second kappa shape index (κ2) is 9.44. The van der Waals surface area contributed by atoms with E-state index in [0.29, 0.717) is 43.5 Å². The molecule has 0 saturated carbocycles. The summed E-state index contributed by atoms with van der Waals surface area (Å²) >= 11 is 0. The summed E-state index contributed by atoms with van der Waals surface area (Å²) in [5.41, 5.74) is 2.74. The van der Waals surface area contributed by atoms with Crippen molar-refractivity contribution in [3.63, 3.8) is 0 Å². The fraction of sp³-hybridized carbons (Fsp3) is 0.375. The summed E-state index contributed by atoms with van der Waals surface area (Å²) in [4.78, 5) is 2.53. The minimum absolute atomic E-state index is 0.354. The van der Waals surface area contributed by atoms with Crippen molar-refractivity contribution in [2.24, 2.45) is 0 Å². The van der Waals surface area contributed by atoms with Crippen LogP contribution >= 0.6 is 0 Å². The van der Waals surface area contributed by atoms with Crippen molar-refractivity contribution < 1.29 is 17.7 Å². The Labute approximate surface area is 189 Å². The van der Waals surface area contributed by atoms with Gasteiger partial charge in [-0.25, -0.2) is 8.42 Å². The Balaban J connectivity index is 1.37. The number of hydrogen-bond acceptors (Lipinski definition) is 6. The highest BCUT2D eigenvalue weighted by Crippen LogP contribution is 2.29. The molecule has 1 saturated heterocycles. The van der Waals surface area contributed by atoms with E-state index in [1.807, 2.05) is 42.5 Å². The summed E-state index contributed by atoms with van der Waals surface area (Å²) in [6, 6.07) is 16.8. The van der Waals surface area contributed by atoms with Gasteiger partial charge in [-0.05, 0) is 35.7 Å². The lowest BCUT2D eigenvalue weighted by Gasteiger charge is -2.33. The third-order valence-electron chi connectivity index (χ3n) is 5.84. The average Bonchev–Trinajstić information content (AvgIpc) is 3.27. The highest BCUT2D eigenvalue weighted by Gasteiger charge is 2.29. The van der Waals surface area contributed by atoms with E-state index in [-0.39, 0.29) is 0 Å². The quantitative estimate of drug-likeness (QED) is 0.536. The molecular formula is C24H29N3O4S. The first-order chi connectivity index (χ1) is 15.4. The van der Waals surface area contributed by atoms with Crippen LogP contribution in [0, 0.1) is 0 Å². The summed E-state index contributed by atoms with van der Waals surface area (Å²) in [6.07, 6.45) is 0. The van der Waals surface area contributed by atoms with Crippen molar-refractivity contribution in [2.45, 2.75) is 31.2 Å². The largest absolute Gasteiger partial charge is 0.496 e.